The number of anilines is 1. The van der Waals surface area contributed by atoms with Crippen LogP contribution in [0.25, 0.3) is 0 Å². The van der Waals surface area contributed by atoms with E-state index in [2.05, 4.69) is 9.72 Å². The van der Waals surface area contributed by atoms with Gasteiger partial charge < -0.3 is 19.1 Å². The molecule has 8 nitrogen and oxygen atoms in total. The summed E-state index contributed by atoms with van der Waals surface area (Å²) in [6.07, 6.45) is 3.62. The van der Waals surface area contributed by atoms with Gasteiger partial charge >= 0.3 is 5.97 Å². The predicted molar refractivity (Wildman–Crippen MR) is 118 cm³/mol. The first-order valence-corrected chi connectivity index (χ1v) is 11.4. The number of carbonyl (C=O) groups excluding carboxylic acids is 3. The van der Waals surface area contributed by atoms with Gasteiger partial charge in [-0.15, -0.1) is 0 Å². The number of ether oxygens (including phenoxy) is 3. The molecule has 0 N–H and O–H groups in total. The number of amides is 1. The number of aromatic nitrogens is 1. The minimum absolute atomic E-state index is 0.101. The van der Waals surface area contributed by atoms with Gasteiger partial charge in [-0.2, -0.15) is 0 Å². The van der Waals surface area contributed by atoms with Gasteiger partial charge in [0.1, 0.15) is 11.6 Å². The van der Waals surface area contributed by atoms with E-state index in [9.17, 15) is 18.8 Å². The van der Waals surface area contributed by atoms with Crippen LogP contribution >= 0.6 is 0 Å². The van der Waals surface area contributed by atoms with Crippen LogP contribution in [0.2, 0.25) is 0 Å². The monoisotopic (exact) mass is 468 g/mol. The number of hydrogen-bond acceptors (Lipinski definition) is 7. The highest BCUT2D eigenvalue weighted by atomic mass is 19.1. The second-order valence-electron chi connectivity index (χ2n) is 8.97. The molecule has 5 rings (SSSR count). The van der Waals surface area contributed by atoms with Gasteiger partial charge in [-0.25, -0.2) is 9.37 Å². The van der Waals surface area contributed by atoms with Crippen LogP contribution in [-0.2, 0) is 20.7 Å². The fraction of sp³-hybridized carbons (Fsp3) is 0.440. The van der Waals surface area contributed by atoms with E-state index in [0.717, 1.165) is 0 Å². The van der Waals surface area contributed by atoms with E-state index in [1.807, 2.05) is 0 Å². The summed E-state index contributed by atoms with van der Waals surface area (Å²) in [6, 6.07) is 6.22. The summed E-state index contributed by atoms with van der Waals surface area (Å²) >= 11 is 0. The van der Waals surface area contributed by atoms with Crippen molar-refractivity contribution >= 4 is 23.3 Å². The molecule has 1 aliphatic heterocycles. The highest BCUT2D eigenvalue weighted by Gasteiger charge is 2.38. The third-order valence-electron chi connectivity index (χ3n) is 6.53. The van der Waals surface area contributed by atoms with Crippen molar-refractivity contribution in [2.75, 3.05) is 25.2 Å². The van der Waals surface area contributed by atoms with Crippen molar-refractivity contribution in [1.29, 1.82) is 0 Å². The molecule has 9 heteroatoms. The molecule has 2 fully saturated rings. The van der Waals surface area contributed by atoms with Crippen LogP contribution in [0, 0.1) is 17.7 Å². The lowest BCUT2D eigenvalue weighted by molar-refractivity contribution is -0.141. The standard InChI is InChI=1S/C25H25FN2O6/c1-32-23(29)9-15-8-18-19(24(15)30)10-16(11-20(18)26)28-7-6-21(25(28)31)34-17-4-5-22(27-12-17)33-13-14-2-3-14/h4-5,10-12,14-15,21H,2-3,6-9,13H2,1H3/t15?,21-/m1/s1. The molecule has 1 unspecified atom stereocenters. The fourth-order valence-corrected chi connectivity index (χ4v) is 4.41. The zero-order chi connectivity index (χ0) is 23.8. The molecule has 0 bridgehead atoms. The Hall–Kier alpha value is -3.49. The number of nitrogens with zero attached hydrogens (tertiary/aromatic N) is 2. The second-order valence-corrected chi connectivity index (χ2v) is 8.97. The zero-order valence-electron chi connectivity index (χ0n) is 18.8. The smallest absolute Gasteiger partial charge is 0.306 e. The molecule has 2 heterocycles. The van der Waals surface area contributed by atoms with E-state index in [1.54, 1.807) is 12.1 Å². The van der Waals surface area contributed by atoms with E-state index >= 15 is 0 Å². The number of ketones is 1. The SMILES string of the molecule is COC(=O)CC1Cc2c(F)cc(N3CC[C@@H](Oc4ccc(OCC5CC5)nc4)C3=O)cc2C1=O. The first-order valence-electron chi connectivity index (χ1n) is 11.4. The van der Waals surface area contributed by atoms with Gasteiger partial charge in [0.15, 0.2) is 11.9 Å². The lowest BCUT2D eigenvalue weighted by Crippen LogP contribution is -2.32. The number of carbonyl (C=O) groups is 3. The number of halogens is 1. The first-order chi connectivity index (χ1) is 16.4. The number of fused-ring (bicyclic) bond motifs is 1. The van der Waals surface area contributed by atoms with Crippen LogP contribution in [0.3, 0.4) is 0 Å². The number of esters is 1. The Bertz CT molecular complexity index is 1130. The topological polar surface area (TPSA) is 95.0 Å². The molecule has 1 aromatic heterocycles. The Balaban J connectivity index is 1.25. The Morgan fingerprint density at radius 1 is 1.21 bits per heavy atom. The van der Waals surface area contributed by atoms with E-state index in [-0.39, 0.29) is 35.7 Å². The van der Waals surface area contributed by atoms with Crippen molar-refractivity contribution in [2.45, 2.75) is 38.2 Å². The van der Waals surface area contributed by atoms with E-state index < -0.39 is 23.8 Å². The maximum atomic E-state index is 14.8. The first kappa shape index (κ1) is 22.3. The van der Waals surface area contributed by atoms with Gasteiger partial charge in [0.2, 0.25) is 5.88 Å². The zero-order valence-corrected chi connectivity index (χ0v) is 18.8. The summed E-state index contributed by atoms with van der Waals surface area (Å²) < 4.78 is 30.9. The molecule has 34 heavy (non-hydrogen) atoms. The number of pyridine rings is 1. The van der Waals surface area contributed by atoms with E-state index in [0.29, 0.717) is 42.8 Å². The van der Waals surface area contributed by atoms with Crippen molar-refractivity contribution < 1.29 is 33.0 Å². The van der Waals surface area contributed by atoms with Gasteiger partial charge in [0.05, 0.1) is 26.3 Å². The Labute approximate surface area is 196 Å². The average molecular weight is 468 g/mol. The van der Waals surface area contributed by atoms with Gasteiger partial charge in [0.25, 0.3) is 5.91 Å². The van der Waals surface area contributed by atoms with Crippen molar-refractivity contribution in [1.82, 2.24) is 4.98 Å². The number of benzene rings is 1. The largest absolute Gasteiger partial charge is 0.479 e. The van der Waals surface area contributed by atoms with Crippen LogP contribution in [0.15, 0.2) is 30.5 Å². The molecule has 1 saturated carbocycles. The molecule has 178 valence electrons. The molecule has 2 aliphatic carbocycles. The highest BCUT2D eigenvalue weighted by molar-refractivity contribution is 6.06. The van der Waals surface area contributed by atoms with Crippen LogP contribution < -0.4 is 14.4 Å². The molecule has 1 saturated heterocycles. The van der Waals surface area contributed by atoms with Gasteiger partial charge in [0, 0.05) is 36.2 Å². The second kappa shape index (κ2) is 9.04. The maximum Gasteiger partial charge on any atom is 0.306 e. The van der Waals surface area contributed by atoms with Gasteiger partial charge in [-0.05, 0) is 48.9 Å². The lowest BCUT2D eigenvalue weighted by atomic mass is 10.0. The molecule has 0 spiro atoms. The van der Waals surface area contributed by atoms with Crippen molar-refractivity contribution in [3.63, 3.8) is 0 Å². The Morgan fingerprint density at radius 3 is 2.74 bits per heavy atom. The Kier molecular flexibility index (Phi) is 5.93. The molecular formula is C25H25FN2O6. The van der Waals surface area contributed by atoms with Crippen LogP contribution in [0.1, 0.15) is 41.6 Å². The third kappa shape index (κ3) is 4.47. The van der Waals surface area contributed by atoms with Crippen molar-refractivity contribution in [3.05, 3.63) is 47.4 Å². The minimum Gasteiger partial charge on any atom is -0.479 e. The summed E-state index contributed by atoms with van der Waals surface area (Å²) in [5, 5.41) is 0. The summed E-state index contributed by atoms with van der Waals surface area (Å²) in [4.78, 5) is 43.0. The van der Waals surface area contributed by atoms with Crippen molar-refractivity contribution in [3.8, 4) is 11.6 Å². The van der Waals surface area contributed by atoms with Crippen molar-refractivity contribution in [2.24, 2.45) is 11.8 Å². The maximum absolute atomic E-state index is 14.8. The predicted octanol–water partition coefficient (Wildman–Crippen LogP) is 3.11. The van der Waals surface area contributed by atoms with Crippen LogP contribution in [0.4, 0.5) is 10.1 Å². The quantitative estimate of drug-likeness (QED) is 0.550. The fourth-order valence-electron chi connectivity index (χ4n) is 4.41. The molecule has 1 amide bonds. The molecule has 1 aromatic carbocycles. The minimum atomic E-state index is -0.737. The number of Topliss-reactive ketones (excluding diaryl/α,β-unsaturated/α-hetero) is 1. The molecular weight excluding hydrogens is 443 g/mol. The lowest BCUT2D eigenvalue weighted by Gasteiger charge is -2.18. The summed E-state index contributed by atoms with van der Waals surface area (Å²) in [6.45, 7) is 0.990. The Morgan fingerprint density at radius 2 is 2.03 bits per heavy atom. The van der Waals surface area contributed by atoms with Gasteiger partial charge in [-0.1, -0.05) is 0 Å². The molecule has 0 radical (unpaired) electrons. The third-order valence-corrected chi connectivity index (χ3v) is 6.53. The van der Waals surface area contributed by atoms with Gasteiger partial charge in [-0.3, -0.25) is 14.4 Å². The summed E-state index contributed by atoms with van der Waals surface area (Å²) in [7, 11) is 1.25. The normalized spacial score (nSPS) is 21.5. The van der Waals surface area contributed by atoms with E-state index in [4.69, 9.17) is 9.47 Å². The van der Waals surface area contributed by atoms with Crippen LogP contribution in [-0.4, -0.2) is 49.0 Å². The van der Waals surface area contributed by atoms with Crippen LogP contribution in [0.5, 0.6) is 11.6 Å². The molecule has 2 aromatic rings. The van der Waals surface area contributed by atoms with E-state index in [1.165, 1.54) is 43.2 Å². The summed E-state index contributed by atoms with van der Waals surface area (Å²) in [5.74, 6) is -0.767. The summed E-state index contributed by atoms with van der Waals surface area (Å²) in [5.41, 5.74) is 0.797. The number of rotatable bonds is 8. The number of hydrogen-bond donors (Lipinski definition) is 0. The molecule has 2 atom stereocenters. The highest BCUT2D eigenvalue weighted by Crippen LogP contribution is 2.36. The molecule has 3 aliphatic rings. The average Bonchev–Trinajstić information content (AvgIpc) is 3.53. The number of methoxy groups -OCH3 is 1.